The summed E-state index contributed by atoms with van der Waals surface area (Å²) >= 11 is 0. The molecule has 6 nitrogen and oxygen atoms in total. The van der Waals surface area contributed by atoms with Crippen LogP contribution in [0.15, 0.2) is 77.7 Å². The lowest BCUT2D eigenvalue weighted by atomic mass is 10.2. The van der Waals surface area contributed by atoms with Crippen LogP contribution in [0.5, 0.6) is 5.75 Å². The van der Waals surface area contributed by atoms with E-state index in [4.69, 9.17) is 4.74 Å². The summed E-state index contributed by atoms with van der Waals surface area (Å²) in [6.45, 7) is 2.27. The first-order valence-corrected chi connectivity index (χ1v) is 10.5. The highest BCUT2D eigenvalue weighted by molar-refractivity contribution is 7.92. The quantitative estimate of drug-likeness (QED) is 0.622. The van der Waals surface area contributed by atoms with Crippen molar-refractivity contribution in [1.29, 1.82) is 0 Å². The molecule has 2 N–H and O–H groups in total. The van der Waals surface area contributed by atoms with Gasteiger partial charge in [0.25, 0.3) is 15.9 Å². The van der Waals surface area contributed by atoms with E-state index in [1.165, 1.54) is 24.3 Å². The van der Waals surface area contributed by atoms with Gasteiger partial charge in [0.1, 0.15) is 5.75 Å². The Balaban J connectivity index is 1.65. The van der Waals surface area contributed by atoms with Crippen LogP contribution in [0.4, 0.5) is 5.69 Å². The zero-order valence-corrected chi connectivity index (χ0v) is 17.0. The fourth-order valence-corrected chi connectivity index (χ4v) is 3.75. The van der Waals surface area contributed by atoms with Gasteiger partial charge >= 0.3 is 0 Å². The SMILES string of the molecule is COc1cccc(CNC(=O)c2ccc(S(=O)(=O)Nc3ccc(C)cc3)cc2)c1. The molecule has 0 bridgehead atoms. The number of anilines is 1. The average Bonchev–Trinajstić information content (AvgIpc) is 2.74. The summed E-state index contributed by atoms with van der Waals surface area (Å²) < 4.78 is 32.7. The van der Waals surface area contributed by atoms with Gasteiger partial charge in [0, 0.05) is 17.8 Å². The lowest BCUT2D eigenvalue weighted by molar-refractivity contribution is 0.0950. The van der Waals surface area contributed by atoms with Gasteiger partial charge in [-0.15, -0.1) is 0 Å². The molecule has 150 valence electrons. The summed E-state index contributed by atoms with van der Waals surface area (Å²) in [4.78, 5) is 12.4. The lowest BCUT2D eigenvalue weighted by Gasteiger charge is -2.10. The molecule has 0 unspecified atom stereocenters. The molecular weight excluding hydrogens is 388 g/mol. The predicted octanol–water partition coefficient (Wildman–Crippen LogP) is 3.73. The maximum Gasteiger partial charge on any atom is 0.261 e. The van der Waals surface area contributed by atoms with Crippen LogP contribution in [-0.2, 0) is 16.6 Å². The number of ether oxygens (including phenoxy) is 1. The molecule has 0 aliphatic carbocycles. The first-order chi connectivity index (χ1) is 13.9. The third kappa shape index (κ3) is 5.36. The zero-order chi connectivity index (χ0) is 20.9. The first kappa shape index (κ1) is 20.4. The van der Waals surface area contributed by atoms with E-state index in [0.29, 0.717) is 23.5 Å². The van der Waals surface area contributed by atoms with Crippen LogP contribution in [-0.4, -0.2) is 21.4 Å². The number of hydrogen-bond acceptors (Lipinski definition) is 4. The Labute approximate surface area is 170 Å². The Morgan fingerprint density at radius 2 is 1.66 bits per heavy atom. The minimum absolute atomic E-state index is 0.0856. The smallest absolute Gasteiger partial charge is 0.261 e. The normalized spacial score (nSPS) is 11.0. The van der Waals surface area contributed by atoms with E-state index in [0.717, 1.165) is 11.1 Å². The molecule has 0 atom stereocenters. The Kier molecular flexibility index (Phi) is 6.19. The van der Waals surface area contributed by atoms with Gasteiger partial charge in [-0.1, -0.05) is 29.8 Å². The number of aryl methyl sites for hydroxylation is 1. The molecule has 3 aromatic rings. The predicted molar refractivity (Wildman–Crippen MR) is 113 cm³/mol. The van der Waals surface area contributed by atoms with E-state index in [9.17, 15) is 13.2 Å². The Bertz CT molecular complexity index is 1090. The van der Waals surface area contributed by atoms with Crippen molar-refractivity contribution in [2.45, 2.75) is 18.4 Å². The van der Waals surface area contributed by atoms with Gasteiger partial charge < -0.3 is 10.1 Å². The van der Waals surface area contributed by atoms with Crippen LogP contribution < -0.4 is 14.8 Å². The summed E-state index contributed by atoms with van der Waals surface area (Å²) in [7, 11) is -2.14. The highest BCUT2D eigenvalue weighted by Gasteiger charge is 2.15. The van der Waals surface area contributed by atoms with Gasteiger partial charge in [-0.05, 0) is 61.0 Å². The van der Waals surface area contributed by atoms with E-state index < -0.39 is 10.0 Å². The summed E-state index contributed by atoms with van der Waals surface area (Å²) in [6.07, 6.45) is 0. The molecule has 3 aromatic carbocycles. The zero-order valence-electron chi connectivity index (χ0n) is 16.2. The molecule has 0 spiro atoms. The summed E-state index contributed by atoms with van der Waals surface area (Å²) in [5.74, 6) is 0.427. The van der Waals surface area contributed by atoms with E-state index in [2.05, 4.69) is 10.0 Å². The van der Waals surface area contributed by atoms with Crippen molar-refractivity contribution in [3.63, 3.8) is 0 Å². The molecule has 0 radical (unpaired) electrons. The fraction of sp³-hybridized carbons (Fsp3) is 0.136. The Morgan fingerprint density at radius 3 is 2.31 bits per heavy atom. The maximum atomic E-state index is 12.5. The number of nitrogens with one attached hydrogen (secondary N) is 2. The number of carbonyl (C=O) groups excluding carboxylic acids is 1. The highest BCUT2D eigenvalue weighted by atomic mass is 32.2. The van der Waals surface area contributed by atoms with Gasteiger partial charge in [-0.3, -0.25) is 9.52 Å². The first-order valence-electron chi connectivity index (χ1n) is 8.98. The number of methoxy groups -OCH3 is 1. The van der Waals surface area contributed by atoms with Crippen molar-refractivity contribution in [3.8, 4) is 5.75 Å². The number of benzene rings is 3. The second-order valence-corrected chi connectivity index (χ2v) is 8.21. The Morgan fingerprint density at radius 1 is 0.966 bits per heavy atom. The molecule has 0 heterocycles. The largest absolute Gasteiger partial charge is 0.497 e. The molecule has 0 saturated carbocycles. The van der Waals surface area contributed by atoms with Crippen LogP contribution >= 0.6 is 0 Å². The summed E-state index contributed by atoms with van der Waals surface area (Å²) in [6, 6.07) is 20.3. The minimum Gasteiger partial charge on any atom is -0.497 e. The number of amides is 1. The molecular formula is C22H22N2O4S. The lowest BCUT2D eigenvalue weighted by Crippen LogP contribution is -2.23. The van der Waals surface area contributed by atoms with Crippen LogP contribution in [0.2, 0.25) is 0 Å². The molecule has 3 rings (SSSR count). The van der Waals surface area contributed by atoms with E-state index >= 15 is 0 Å². The topological polar surface area (TPSA) is 84.5 Å². The van der Waals surface area contributed by atoms with Gasteiger partial charge in [0.2, 0.25) is 0 Å². The van der Waals surface area contributed by atoms with Gasteiger partial charge in [0.15, 0.2) is 0 Å². The third-order valence-corrected chi connectivity index (χ3v) is 5.72. The van der Waals surface area contributed by atoms with E-state index in [-0.39, 0.29) is 10.8 Å². The maximum absolute atomic E-state index is 12.5. The van der Waals surface area contributed by atoms with Crippen LogP contribution in [0, 0.1) is 6.92 Å². The summed E-state index contributed by atoms with van der Waals surface area (Å²) in [5, 5.41) is 2.81. The molecule has 1 amide bonds. The van der Waals surface area contributed by atoms with Crippen LogP contribution in [0.1, 0.15) is 21.5 Å². The monoisotopic (exact) mass is 410 g/mol. The van der Waals surface area contributed by atoms with Crippen LogP contribution in [0.25, 0.3) is 0 Å². The second-order valence-electron chi connectivity index (χ2n) is 6.53. The van der Waals surface area contributed by atoms with Crippen molar-refractivity contribution in [1.82, 2.24) is 5.32 Å². The second kappa shape index (κ2) is 8.79. The number of hydrogen-bond donors (Lipinski definition) is 2. The molecule has 0 fully saturated rings. The molecule has 0 saturated heterocycles. The van der Waals surface area contributed by atoms with Gasteiger partial charge in [0.05, 0.1) is 12.0 Å². The number of rotatable bonds is 7. The standard InChI is InChI=1S/C22H22N2O4S/c1-16-6-10-19(11-7-16)24-29(26,27)21-12-8-18(9-13-21)22(25)23-15-17-4-3-5-20(14-17)28-2/h3-14,24H,15H2,1-2H3,(H,23,25). The van der Waals surface area contributed by atoms with Crippen LogP contribution in [0.3, 0.4) is 0 Å². The van der Waals surface area contributed by atoms with E-state index in [1.807, 2.05) is 43.3 Å². The highest BCUT2D eigenvalue weighted by Crippen LogP contribution is 2.17. The molecule has 0 aromatic heterocycles. The molecule has 0 aliphatic heterocycles. The van der Waals surface area contributed by atoms with Crippen molar-refractivity contribution in [3.05, 3.63) is 89.5 Å². The van der Waals surface area contributed by atoms with Crippen molar-refractivity contribution in [2.24, 2.45) is 0 Å². The fourth-order valence-electron chi connectivity index (χ4n) is 2.69. The minimum atomic E-state index is -3.73. The molecule has 0 aliphatic rings. The third-order valence-electron chi connectivity index (χ3n) is 4.32. The van der Waals surface area contributed by atoms with Gasteiger partial charge in [-0.2, -0.15) is 0 Å². The van der Waals surface area contributed by atoms with Crippen molar-refractivity contribution < 1.29 is 17.9 Å². The number of carbonyl (C=O) groups is 1. The summed E-state index contributed by atoms with van der Waals surface area (Å²) in [5.41, 5.74) is 2.80. The Hall–Kier alpha value is -3.32. The van der Waals surface area contributed by atoms with Crippen molar-refractivity contribution >= 4 is 21.6 Å². The number of sulfonamides is 1. The molecule has 29 heavy (non-hydrogen) atoms. The average molecular weight is 410 g/mol. The van der Waals surface area contributed by atoms with Gasteiger partial charge in [-0.25, -0.2) is 8.42 Å². The van der Waals surface area contributed by atoms with Crippen molar-refractivity contribution in [2.75, 3.05) is 11.8 Å². The van der Waals surface area contributed by atoms with E-state index in [1.54, 1.807) is 19.2 Å². The molecule has 7 heteroatoms.